The van der Waals surface area contributed by atoms with E-state index in [1.165, 1.54) is 17.2 Å². The molecule has 4 rings (SSSR count). The third-order valence-corrected chi connectivity index (χ3v) is 5.38. The number of benzene rings is 2. The van der Waals surface area contributed by atoms with Crippen LogP contribution in [0.3, 0.4) is 0 Å². The lowest BCUT2D eigenvalue weighted by molar-refractivity contribution is 0.241. The highest BCUT2D eigenvalue weighted by molar-refractivity contribution is 5.84. The van der Waals surface area contributed by atoms with Gasteiger partial charge in [-0.3, -0.25) is 4.90 Å². The van der Waals surface area contributed by atoms with Gasteiger partial charge in [0.05, 0.1) is 19.8 Å². The normalized spacial score (nSPS) is 14.1. The van der Waals surface area contributed by atoms with Gasteiger partial charge in [-0.15, -0.1) is 0 Å². The second kappa shape index (κ2) is 7.20. The summed E-state index contributed by atoms with van der Waals surface area (Å²) in [5, 5.41) is 11.3. The quantitative estimate of drug-likeness (QED) is 0.699. The zero-order chi connectivity index (χ0) is 19.8. The van der Waals surface area contributed by atoms with Crippen LogP contribution in [-0.2, 0) is 19.5 Å². The molecule has 28 heavy (non-hydrogen) atoms. The van der Waals surface area contributed by atoms with Crippen LogP contribution in [0.1, 0.15) is 22.3 Å². The van der Waals surface area contributed by atoms with Gasteiger partial charge in [-0.1, -0.05) is 0 Å². The maximum Gasteiger partial charge on any atom is 0.336 e. The molecule has 3 aromatic rings. The highest BCUT2D eigenvalue weighted by Crippen LogP contribution is 2.35. The van der Waals surface area contributed by atoms with E-state index in [0.29, 0.717) is 30.0 Å². The summed E-state index contributed by atoms with van der Waals surface area (Å²) in [4.78, 5) is 14.1. The molecule has 0 amide bonds. The maximum atomic E-state index is 11.9. The maximum absolute atomic E-state index is 11.9. The average molecular weight is 381 g/mol. The first-order chi connectivity index (χ1) is 13.5. The molecular formula is C22H23NO5. The van der Waals surface area contributed by atoms with Crippen LogP contribution in [0.2, 0.25) is 0 Å². The van der Waals surface area contributed by atoms with Crippen LogP contribution in [0.15, 0.2) is 39.5 Å². The van der Waals surface area contributed by atoms with E-state index in [4.69, 9.17) is 13.9 Å². The van der Waals surface area contributed by atoms with Crippen LogP contribution in [0, 0.1) is 6.92 Å². The third-order valence-electron chi connectivity index (χ3n) is 5.38. The number of rotatable bonds is 4. The second-order valence-electron chi connectivity index (χ2n) is 7.12. The smallest absolute Gasteiger partial charge is 0.336 e. The van der Waals surface area contributed by atoms with Gasteiger partial charge in [0.2, 0.25) is 0 Å². The molecule has 1 N–H and O–H groups in total. The van der Waals surface area contributed by atoms with Crippen molar-refractivity contribution in [1.82, 2.24) is 4.90 Å². The molecule has 0 fully saturated rings. The highest BCUT2D eigenvalue weighted by Gasteiger charge is 2.22. The fourth-order valence-electron chi connectivity index (χ4n) is 3.88. The van der Waals surface area contributed by atoms with E-state index in [1.807, 2.05) is 19.1 Å². The largest absolute Gasteiger partial charge is 0.507 e. The van der Waals surface area contributed by atoms with Crippen LogP contribution in [-0.4, -0.2) is 30.8 Å². The van der Waals surface area contributed by atoms with Gasteiger partial charge < -0.3 is 19.0 Å². The molecule has 146 valence electrons. The highest BCUT2D eigenvalue weighted by atomic mass is 16.5. The molecule has 0 unspecified atom stereocenters. The van der Waals surface area contributed by atoms with Crippen molar-refractivity contribution in [1.29, 1.82) is 0 Å². The number of phenols is 1. The molecule has 0 spiro atoms. The summed E-state index contributed by atoms with van der Waals surface area (Å²) < 4.78 is 16.3. The lowest BCUT2D eigenvalue weighted by atomic mass is 9.98. The van der Waals surface area contributed by atoms with Gasteiger partial charge in [-0.05, 0) is 54.3 Å². The summed E-state index contributed by atoms with van der Waals surface area (Å²) in [7, 11) is 3.27. The third kappa shape index (κ3) is 3.20. The number of hydrogen-bond acceptors (Lipinski definition) is 6. The van der Waals surface area contributed by atoms with Gasteiger partial charge in [0.15, 0.2) is 11.5 Å². The van der Waals surface area contributed by atoms with Gasteiger partial charge in [0.25, 0.3) is 0 Å². The molecule has 0 radical (unpaired) electrons. The second-order valence-corrected chi connectivity index (χ2v) is 7.12. The standard InChI is InChI=1S/C22H23NO5/c1-13-8-21(25)28-22-16(13)4-5-18(24)17(22)12-23-7-6-14-9-19(26-2)20(27-3)10-15(14)11-23/h4-5,8-10,24H,6-7,11-12H2,1-3H3. The number of aromatic hydroxyl groups is 1. The Bertz CT molecular complexity index is 1100. The van der Waals surface area contributed by atoms with E-state index in [2.05, 4.69) is 4.90 Å². The minimum atomic E-state index is -0.405. The van der Waals surface area contributed by atoms with E-state index in [-0.39, 0.29) is 5.75 Å². The zero-order valence-corrected chi connectivity index (χ0v) is 16.2. The van der Waals surface area contributed by atoms with Crippen molar-refractivity contribution < 1.29 is 19.0 Å². The minimum absolute atomic E-state index is 0.138. The lowest BCUT2D eigenvalue weighted by Gasteiger charge is -2.29. The first-order valence-electron chi connectivity index (χ1n) is 9.21. The Morgan fingerprint density at radius 1 is 1.11 bits per heavy atom. The topological polar surface area (TPSA) is 72.1 Å². The van der Waals surface area contributed by atoms with E-state index in [9.17, 15) is 9.90 Å². The van der Waals surface area contributed by atoms with E-state index >= 15 is 0 Å². The number of aryl methyl sites for hydroxylation is 1. The Balaban J connectivity index is 1.68. The molecule has 6 heteroatoms. The van der Waals surface area contributed by atoms with Crippen molar-refractivity contribution in [3.63, 3.8) is 0 Å². The van der Waals surface area contributed by atoms with Gasteiger partial charge in [-0.2, -0.15) is 0 Å². The number of ether oxygens (including phenoxy) is 2. The molecule has 0 aliphatic carbocycles. The molecule has 1 aliphatic rings. The number of hydrogen-bond donors (Lipinski definition) is 1. The number of phenolic OH excluding ortho intramolecular Hbond substituents is 1. The molecule has 1 aliphatic heterocycles. The summed E-state index contributed by atoms with van der Waals surface area (Å²) in [6.07, 6.45) is 0.865. The van der Waals surface area contributed by atoms with Crippen LogP contribution in [0.25, 0.3) is 11.0 Å². The van der Waals surface area contributed by atoms with Crippen molar-refractivity contribution in [3.05, 3.63) is 63.0 Å². The van der Waals surface area contributed by atoms with E-state index < -0.39 is 5.63 Å². The average Bonchev–Trinajstić information content (AvgIpc) is 2.68. The van der Waals surface area contributed by atoms with Crippen molar-refractivity contribution in [2.24, 2.45) is 0 Å². The fraction of sp³-hybridized carbons (Fsp3) is 0.318. The van der Waals surface area contributed by atoms with Gasteiger partial charge in [0.1, 0.15) is 11.3 Å². The van der Waals surface area contributed by atoms with E-state index in [0.717, 1.165) is 29.7 Å². The molecule has 0 atom stereocenters. The lowest BCUT2D eigenvalue weighted by Crippen LogP contribution is -2.30. The Morgan fingerprint density at radius 2 is 1.82 bits per heavy atom. The van der Waals surface area contributed by atoms with Crippen LogP contribution < -0.4 is 15.1 Å². The molecule has 2 heterocycles. The molecular weight excluding hydrogens is 358 g/mol. The molecule has 2 aromatic carbocycles. The van der Waals surface area contributed by atoms with Crippen molar-refractivity contribution in [2.75, 3.05) is 20.8 Å². The van der Waals surface area contributed by atoms with Gasteiger partial charge >= 0.3 is 5.63 Å². The predicted octanol–water partition coefficient (Wildman–Crippen LogP) is 3.38. The SMILES string of the molecule is COc1cc2c(cc1OC)CN(Cc1c(O)ccc3c(C)cc(=O)oc13)CC2. The van der Waals surface area contributed by atoms with Gasteiger partial charge in [-0.25, -0.2) is 4.79 Å². The molecule has 0 bridgehead atoms. The summed E-state index contributed by atoms with van der Waals surface area (Å²) >= 11 is 0. The van der Waals surface area contributed by atoms with Gasteiger partial charge in [0, 0.05) is 31.1 Å². The van der Waals surface area contributed by atoms with Crippen molar-refractivity contribution in [3.8, 4) is 17.2 Å². The number of nitrogens with zero attached hydrogens (tertiary/aromatic N) is 1. The molecule has 6 nitrogen and oxygen atoms in total. The Hall–Kier alpha value is -2.99. The molecule has 0 saturated heterocycles. The fourth-order valence-corrected chi connectivity index (χ4v) is 3.88. The first kappa shape index (κ1) is 18.4. The monoisotopic (exact) mass is 381 g/mol. The first-order valence-corrected chi connectivity index (χ1v) is 9.21. The summed E-state index contributed by atoms with van der Waals surface area (Å²) in [6.45, 7) is 3.90. The van der Waals surface area contributed by atoms with Crippen LogP contribution >= 0.6 is 0 Å². The predicted molar refractivity (Wildman–Crippen MR) is 106 cm³/mol. The van der Waals surface area contributed by atoms with Crippen molar-refractivity contribution in [2.45, 2.75) is 26.4 Å². The molecule has 1 aromatic heterocycles. The number of fused-ring (bicyclic) bond motifs is 2. The summed E-state index contributed by atoms with van der Waals surface area (Å²) in [5.74, 6) is 1.58. The van der Waals surface area contributed by atoms with E-state index in [1.54, 1.807) is 26.4 Å². The Kier molecular flexibility index (Phi) is 4.73. The minimum Gasteiger partial charge on any atom is -0.507 e. The van der Waals surface area contributed by atoms with Crippen LogP contribution in [0.4, 0.5) is 0 Å². The summed E-state index contributed by atoms with van der Waals surface area (Å²) in [5.41, 5.74) is 3.94. The Morgan fingerprint density at radius 3 is 2.54 bits per heavy atom. The Labute approximate surface area is 162 Å². The zero-order valence-electron chi connectivity index (χ0n) is 16.2. The van der Waals surface area contributed by atoms with Crippen LogP contribution in [0.5, 0.6) is 17.2 Å². The molecule has 0 saturated carbocycles. The number of methoxy groups -OCH3 is 2. The van der Waals surface area contributed by atoms with Crippen molar-refractivity contribution >= 4 is 11.0 Å². The summed E-state index contributed by atoms with van der Waals surface area (Å²) in [6, 6.07) is 8.96.